The third-order valence-electron chi connectivity index (χ3n) is 5.18. The van der Waals surface area contributed by atoms with Crippen LogP contribution in [0, 0.1) is 11.8 Å². The Hall–Kier alpha value is -2.57. The van der Waals surface area contributed by atoms with Crippen LogP contribution in [0.15, 0.2) is 29.0 Å². The van der Waals surface area contributed by atoms with Gasteiger partial charge in [-0.25, -0.2) is 4.98 Å². The Bertz CT molecular complexity index is 795. The van der Waals surface area contributed by atoms with Gasteiger partial charge in [0.15, 0.2) is 0 Å². The van der Waals surface area contributed by atoms with Gasteiger partial charge in [0.1, 0.15) is 17.3 Å². The van der Waals surface area contributed by atoms with E-state index in [0.29, 0.717) is 37.0 Å². The van der Waals surface area contributed by atoms with Crippen LogP contribution in [0.3, 0.4) is 0 Å². The highest BCUT2D eigenvalue weighted by Crippen LogP contribution is 2.41. The topological polar surface area (TPSA) is 80.4 Å². The van der Waals surface area contributed by atoms with Crippen LogP contribution in [0.1, 0.15) is 48.4 Å². The zero-order valence-corrected chi connectivity index (χ0v) is 14.4. The zero-order chi connectivity index (χ0) is 17.6. The Morgan fingerprint density at radius 2 is 2.16 bits per heavy atom. The van der Waals surface area contributed by atoms with Crippen molar-refractivity contribution in [3.8, 4) is 0 Å². The Morgan fingerprint density at radius 3 is 2.84 bits per heavy atom. The van der Waals surface area contributed by atoms with Crippen molar-refractivity contribution in [2.24, 2.45) is 11.8 Å². The van der Waals surface area contributed by atoms with E-state index >= 15 is 0 Å². The number of aromatic nitrogens is 2. The van der Waals surface area contributed by atoms with E-state index < -0.39 is 0 Å². The maximum absolute atomic E-state index is 12.6. The van der Waals surface area contributed by atoms with Crippen LogP contribution in [0.4, 0.5) is 0 Å². The van der Waals surface area contributed by atoms with Crippen LogP contribution in [0.5, 0.6) is 0 Å². The zero-order valence-electron chi connectivity index (χ0n) is 14.4. The summed E-state index contributed by atoms with van der Waals surface area (Å²) >= 11 is 0. The molecule has 25 heavy (non-hydrogen) atoms. The maximum atomic E-state index is 12.6. The average molecular weight is 342 g/mol. The first-order valence-electron chi connectivity index (χ1n) is 8.72. The number of carbonyl (C=O) groups is 2. The Labute approximate surface area is 146 Å². The lowest BCUT2D eigenvalue weighted by atomic mass is 10.1. The van der Waals surface area contributed by atoms with Crippen LogP contribution in [0.2, 0.25) is 0 Å². The summed E-state index contributed by atoms with van der Waals surface area (Å²) in [6.07, 6.45) is 4.33. The number of hydrogen-bond donors (Lipinski definition) is 1. The number of rotatable bonds is 4. The number of nitrogens with zero attached hydrogens (tertiary/aromatic N) is 3. The number of imidazole rings is 1. The molecule has 132 valence electrons. The number of carbonyl (C=O) groups excluding carboxylic acids is 2. The van der Waals surface area contributed by atoms with Crippen molar-refractivity contribution in [1.29, 1.82) is 0 Å². The fraction of sp³-hybridized carbons (Fsp3) is 0.500. The van der Waals surface area contributed by atoms with Crippen LogP contribution in [0.25, 0.3) is 0 Å². The lowest BCUT2D eigenvalue weighted by Crippen LogP contribution is -2.42. The van der Waals surface area contributed by atoms with E-state index in [1.165, 1.54) is 0 Å². The van der Waals surface area contributed by atoms with Crippen molar-refractivity contribution in [3.63, 3.8) is 0 Å². The number of fused-ring (bicyclic) bond motifs is 1. The van der Waals surface area contributed by atoms with Gasteiger partial charge in [-0.05, 0) is 31.4 Å². The predicted octanol–water partition coefficient (Wildman–Crippen LogP) is 1.97. The molecule has 2 aromatic rings. The predicted molar refractivity (Wildman–Crippen MR) is 89.5 cm³/mol. The van der Waals surface area contributed by atoms with Crippen molar-refractivity contribution >= 4 is 11.8 Å². The smallest absolute Gasteiger partial charge is 0.271 e. The summed E-state index contributed by atoms with van der Waals surface area (Å²) in [7, 11) is 0. The van der Waals surface area contributed by atoms with E-state index in [2.05, 4.69) is 17.2 Å². The summed E-state index contributed by atoms with van der Waals surface area (Å²) in [5, 5.41) is 2.80. The molecular formula is C18H22N4O3. The molecule has 0 unspecified atom stereocenters. The highest BCUT2D eigenvalue weighted by molar-refractivity contribution is 5.92. The average Bonchev–Trinajstić information content (AvgIpc) is 3.03. The third-order valence-corrected chi connectivity index (χ3v) is 5.18. The van der Waals surface area contributed by atoms with Gasteiger partial charge in [-0.2, -0.15) is 0 Å². The van der Waals surface area contributed by atoms with Crippen molar-refractivity contribution in [2.75, 3.05) is 6.54 Å². The SMILES string of the molecule is C[C@@H]1C[C@@H]1C(=O)N1CCn2cc(C(=O)NCc3ccco3)nc2[C@@H]1C. The van der Waals surface area contributed by atoms with E-state index in [1.807, 2.05) is 22.5 Å². The van der Waals surface area contributed by atoms with Crippen LogP contribution in [-0.4, -0.2) is 32.8 Å². The fourth-order valence-electron chi connectivity index (χ4n) is 3.45. The molecule has 0 saturated heterocycles. The Kier molecular flexibility index (Phi) is 3.86. The van der Waals surface area contributed by atoms with Gasteiger partial charge >= 0.3 is 0 Å². The normalized spacial score (nSPS) is 24.7. The molecule has 1 fully saturated rings. The molecule has 1 N–H and O–H groups in total. The molecule has 1 aliphatic heterocycles. The summed E-state index contributed by atoms with van der Waals surface area (Å²) < 4.78 is 7.19. The Balaban J connectivity index is 1.46. The second-order valence-corrected chi connectivity index (χ2v) is 6.97. The first-order valence-corrected chi connectivity index (χ1v) is 8.72. The molecule has 7 heteroatoms. The van der Waals surface area contributed by atoms with Crippen LogP contribution in [-0.2, 0) is 17.9 Å². The molecule has 2 amide bonds. The highest BCUT2D eigenvalue weighted by atomic mass is 16.3. The summed E-state index contributed by atoms with van der Waals surface area (Å²) in [5.74, 6) is 2.11. The molecule has 0 bridgehead atoms. The molecule has 4 rings (SSSR count). The second-order valence-electron chi connectivity index (χ2n) is 6.97. The summed E-state index contributed by atoms with van der Waals surface area (Å²) in [5.41, 5.74) is 0.377. The molecule has 1 saturated carbocycles. The molecule has 0 aromatic carbocycles. The minimum absolute atomic E-state index is 0.110. The monoisotopic (exact) mass is 342 g/mol. The lowest BCUT2D eigenvalue weighted by Gasteiger charge is -2.34. The van der Waals surface area contributed by atoms with Crippen molar-refractivity contribution in [2.45, 2.75) is 39.4 Å². The van der Waals surface area contributed by atoms with Gasteiger partial charge < -0.3 is 19.2 Å². The standard InChI is InChI=1S/C18H22N4O3/c1-11-8-14(11)18(24)22-6-5-21-10-15(20-16(21)12(22)2)17(23)19-9-13-4-3-7-25-13/h3-4,7,10-12,14H,5-6,8-9H2,1-2H3,(H,19,23)/t11-,12+,14+/m1/s1. The second kappa shape index (κ2) is 6.06. The summed E-state index contributed by atoms with van der Waals surface area (Å²) in [4.78, 5) is 31.3. The van der Waals surface area contributed by atoms with Crippen molar-refractivity contribution in [1.82, 2.24) is 19.8 Å². The minimum Gasteiger partial charge on any atom is -0.467 e. The quantitative estimate of drug-likeness (QED) is 0.921. The Morgan fingerprint density at radius 1 is 1.36 bits per heavy atom. The fourth-order valence-corrected chi connectivity index (χ4v) is 3.45. The van der Waals surface area contributed by atoms with Gasteiger partial charge in [-0.3, -0.25) is 9.59 Å². The van der Waals surface area contributed by atoms with Gasteiger partial charge in [0, 0.05) is 25.2 Å². The molecule has 7 nitrogen and oxygen atoms in total. The number of amides is 2. The van der Waals surface area contributed by atoms with E-state index in [1.54, 1.807) is 18.5 Å². The molecule has 3 heterocycles. The number of furan rings is 1. The first-order chi connectivity index (χ1) is 12.0. The van der Waals surface area contributed by atoms with Gasteiger partial charge in [0.25, 0.3) is 5.91 Å². The largest absolute Gasteiger partial charge is 0.467 e. The van der Waals surface area contributed by atoms with Gasteiger partial charge in [-0.15, -0.1) is 0 Å². The molecule has 0 radical (unpaired) electrons. The van der Waals surface area contributed by atoms with Gasteiger partial charge in [0.2, 0.25) is 5.91 Å². The molecule has 1 aliphatic carbocycles. The first kappa shape index (κ1) is 15.9. The van der Waals surface area contributed by atoms with E-state index in [9.17, 15) is 9.59 Å². The van der Waals surface area contributed by atoms with E-state index in [0.717, 1.165) is 12.2 Å². The third kappa shape index (κ3) is 2.94. The number of nitrogens with one attached hydrogen (secondary N) is 1. The number of hydrogen-bond acceptors (Lipinski definition) is 4. The van der Waals surface area contributed by atoms with Crippen LogP contribution >= 0.6 is 0 Å². The van der Waals surface area contributed by atoms with Crippen molar-refractivity contribution in [3.05, 3.63) is 41.9 Å². The summed E-state index contributed by atoms with van der Waals surface area (Å²) in [6, 6.07) is 3.48. The van der Waals surface area contributed by atoms with E-state index in [-0.39, 0.29) is 23.8 Å². The molecule has 3 atom stereocenters. The van der Waals surface area contributed by atoms with Crippen molar-refractivity contribution < 1.29 is 14.0 Å². The summed E-state index contributed by atoms with van der Waals surface area (Å²) in [6.45, 7) is 5.76. The molecule has 0 spiro atoms. The van der Waals surface area contributed by atoms with E-state index in [4.69, 9.17) is 4.42 Å². The minimum atomic E-state index is -0.237. The lowest BCUT2D eigenvalue weighted by molar-refractivity contribution is -0.136. The maximum Gasteiger partial charge on any atom is 0.271 e. The molecule has 2 aromatic heterocycles. The van der Waals surface area contributed by atoms with Crippen LogP contribution < -0.4 is 5.32 Å². The van der Waals surface area contributed by atoms with Gasteiger partial charge in [0.05, 0.1) is 18.8 Å². The molecule has 2 aliphatic rings. The van der Waals surface area contributed by atoms with Gasteiger partial charge in [-0.1, -0.05) is 6.92 Å². The highest BCUT2D eigenvalue weighted by Gasteiger charge is 2.44. The molecular weight excluding hydrogens is 320 g/mol.